The Bertz CT molecular complexity index is 463. The molecule has 1 aromatic rings. The first-order valence-electron chi connectivity index (χ1n) is 6.01. The Morgan fingerprint density at radius 1 is 1.18 bits per heavy atom. The van der Waals surface area contributed by atoms with Crippen molar-refractivity contribution in [3.8, 4) is 11.8 Å². The van der Waals surface area contributed by atoms with Gasteiger partial charge in [-0.25, -0.2) is 0 Å². The lowest BCUT2D eigenvalue weighted by atomic mass is 9.85. The molecule has 1 aliphatic rings. The monoisotopic (exact) mass is 225 g/mol. The van der Waals surface area contributed by atoms with Gasteiger partial charge in [0.15, 0.2) is 0 Å². The first-order valence-corrected chi connectivity index (χ1v) is 6.01. The van der Waals surface area contributed by atoms with Crippen molar-refractivity contribution in [2.45, 2.75) is 31.7 Å². The van der Waals surface area contributed by atoms with Gasteiger partial charge in [0.1, 0.15) is 0 Å². The number of hydrogen-bond acceptors (Lipinski definition) is 1. The van der Waals surface area contributed by atoms with Crippen LogP contribution < -0.4 is 0 Å². The molecule has 0 saturated heterocycles. The average molecular weight is 225 g/mol. The molecule has 0 spiro atoms. The fourth-order valence-corrected chi connectivity index (χ4v) is 2.18. The van der Waals surface area contributed by atoms with Gasteiger partial charge in [0.25, 0.3) is 0 Å². The van der Waals surface area contributed by atoms with Crippen LogP contribution in [0.4, 0.5) is 0 Å². The van der Waals surface area contributed by atoms with E-state index in [-0.39, 0.29) is 12.0 Å². The summed E-state index contributed by atoms with van der Waals surface area (Å²) in [6.07, 6.45) is 4.35. The van der Waals surface area contributed by atoms with Crippen LogP contribution in [0.15, 0.2) is 35.4 Å². The van der Waals surface area contributed by atoms with Crippen molar-refractivity contribution in [2.75, 3.05) is 0 Å². The third-order valence-corrected chi connectivity index (χ3v) is 3.11. The Labute approximate surface area is 101 Å². The fourth-order valence-electron chi connectivity index (χ4n) is 2.18. The number of nitrogens with zero attached hydrogens (tertiary/aromatic N) is 3. The highest BCUT2D eigenvalue weighted by Gasteiger charge is 2.22. The van der Waals surface area contributed by atoms with Gasteiger partial charge in [-0.3, -0.25) is 0 Å². The predicted octanol–water partition coefficient (Wildman–Crippen LogP) is 3.91. The Kier molecular flexibility index (Phi) is 4.07. The summed E-state index contributed by atoms with van der Waals surface area (Å²) in [5, 5.41) is 3.86. The van der Waals surface area contributed by atoms with Gasteiger partial charge in [0.2, 0.25) is 0 Å². The lowest BCUT2D eigenvalue weighted by Gasteiger charge is -2.23. The van der Waals surface area contributed by atoms with Gasteiger partial charge in [-0.1, -0.05) is 48.0 Å². The fraction of sp³-hybridized carbons (Fsp3) is 0.429. The molecule has 0 unspecified atom stereocenters. The van der Waals surface area contributed by atoms with E-state index in [4.69, 9.17) is 5.53 Å². The zero-order valence-electron chi connectivity index (χ0n) is 9.71. The van der Waals surface area contributed by atoms with E-state index in [1.807, 2.05) is 30.3 Å². The molecule has 86 valence electrons. The molecule has 0 amide bonds. The maximum Gasteiger partial charge on any atom is 0.0511 e. The van der Waals surface area contributed by atoms with E-state index >= 15 is 0 Å². The summed E-state index contributed by atoms with van der Waals surface area (Å²) in [6, 6.07) is 10.0. The summed E-state index contributed by atoms with van der Waals surface area (Å²) in [4.78, 5) is 2.92. The molecule has 1 aliphatic carbocycles. The van der Waals surface area contributed by atoms with Crippen molar-refractivity contribution in [1.82, 2.24) is 0 Å². The van der Waals surface area contributed by atoms with Crippen LogP contribution in [-0.4, -0.2) is 6.04 Å². The number of rotatable bonds is 1. The third kappa shape index (κ3) is 3.27. The number of benzene rings is 1. The molecule has 0 radical (unpaired) electrons. The van der Waals surface area contributed by atoms with Crippen LogP contribution in [0.2, 0.25) is 0 Å². The van der Waals surface area contributed by atoms with Crippen LogP contribution in [0, 0.1) is 17.8 Å². The maximum absolute atomic E-state index is 8.53. The topological polar surface area (TPSA) is 48.8 Å². The van der Waals surface area contributed by atoms with E-state index < -0.39 is 0 Å². The van der Waals surface area contributed by atoms with Crippen molar-refractivity contribution in [1.29, 1.82) is 0 Å². The normalized spacial score (nSPS) is 23.1. The van der Waals surface area contributed by atoms with E-state index in [1.165, 1.54) is 6.42 Å². The first-order chi connectivity index (χ1) is 8.40. The van der Waals surface area contributed by atoms with Gasteiger partial charge in [-0.05, 0) is 30.5 Å². The second-order valence-corrected chi connectivity index (χ2v) is 4.30. The minimum Gasteiger partial charge on any atom is -0.0941 e. The summed E-state index contributed by atoms with van der Waals surface area (Å²) >= 11 is 0. The average Bonchev–Trinajstić information content (AvgIpc) is 2.39. The molecule has 1 saturated carbocycles. The minimum atomic E-state index is 0.0602. The SMILES string of the molecule is [N-]=[N+]=N[C@@H]1CCCC[C@@H]1C#Cc1ccccc1. The molecule has 1 aromatic carbocycles. The summed E-state index contributed by atoms with van der Waals surface area (Å²) in [7, 11) is 0. The maximum atomic E-state index is 8.53. The number of azide groups is 1. The molecule has 3 nitrogen and oxygen atoms in total. The first kappa shape index (κ1) is 11.6. The molecular formula is C14H15N3. The minimum absolute atomic E-state index is 0.0602. The lowest BCUT2D eigenvalue weighted by Crippen LogP contribution is -2.21. The summed E-state index contributed by atoms with van der Waals surface area (Å²) in [5.41, 5.74) is 9.56. The summed E-state index contributed by atoms with van der Waals surface area (Å²) in [6.45, 7) is 0. The second kappa shape index (κ2) is 5.98. The smallest absolute Gasteiger partial charge is 0.0511 e. The molecule has 1 fully saturated rings. The molecule has 0 N–H and O–H groups in total. The van der Waals surface area contributed by atoms with Gasteiger partial charge in [0, 0.05) is 16.4 Å². The van der Waals surface area contributed by atoms with Crippen molar-refractivity contribution < 1.29 is 0 Å². The molecule has 0 bridgehead atoms. The van der Waals surface area contributed by atoms with E-state index in [9.17, 15) is 0 Å². The van der Waals surface area contributed by atoms with Crippen LogP contribution in [0.5, 0.6) is 0 Å². The summed E-state index contributed by atoms with van der Waals surface area (Å²) < 4.78 is 0. The number of hydrogen-bond donors (Lipinski definition) is 0. The van der Waals surface area contributed by atoms with Crippen molar-refractivity contribution in [3.63, 3.8) is 0 Å². The van der Waals surface area contributed by atoms with Crippen LogP contribution in [0.25, 0.3) is 10.4 Å². The van der Waals surface area contributed by atoms with Gasteiger partial charge in [-0.15, -0.1) is 0 Å². The molecular weight excluding hydrogens is 210 g/mol. The Balaban J connectivity index is 2.11. The van der Waals surface area contributed by atoms with Crippen molar-refractivity contribution >= 4 is 0 Å². The predicted molar refractivity (Wildman–Crippen MR) is 68.2 cm³/mol. The van der Waals surface area contributed by atoms with Gasteiger partial charge >= 0.3 is 0 Å². The van der Waals surface area contributed by atoms with Gasteiger partial charge in [0.05, 0.1) is 6.04 Å². The largest absolute Gasteiger partial charge is 0.0941 e. The van der Waals surface area contributed by atoms with Crippen molar-refractivity contribution in [2.24, 2.45) is 11.0 Å². The zero-order valence-corrected chi connectivity index (χ0v) is 9.71. The molecule has 0 aliphatic heterocycles. The van der Waals surface area contributed by atoms with Crippen LogP contribution >= 0.6 is 0 Å². The highest BCUT2D eigenvalue weighted by molar-refractivity contribution is 5.34. The highest BCUT2D eigenvalue weighted by atomic mass is 15.1. The van der Waals surface area contributed by atoms with Gasteiger partial charge < -0.3 is 0 Å². The van der Waals surface area contributed by atoms with Crippen molar-refractivity contribution in [3.05, 3.63) is 46.3 Å². The molecule has 3 heteroatoms. The van der Waals surface area contributed by atoms with Crippen LogP contribution in [0.1, 0.15) is 31.2 Å². The van der Waals surface area contributed by atoms with E-state index in [1.54, 1.807) is 0 Å². The lowest BCUT2D eigenvalue weighted by molar-refractivity contribution is 0.371. The Morgan fingerprint density at radius 2 is 1.94 bits per heavy atom. The molecule has 2 rings (SSSR count). The van der Waals surface area contributed by atoms with Crippen LogP contribution in [0.3, 0.4) is 0 Å². The quantitative estimate of drug-likeness (QED) is 0.301. The Morgan fingerprint density at radius 3 is 2.71 bits per heavy atom. The molecule has 0 heterocycles. The summed E-state index contributed by atoms with van der Waals surface area (Å²) in [5.74, 6) is 6.65. The molecule has 17 heavy (non-hydrogen) atoms. The molecule has 0 aromatic heterocycles. The third-order valence-electron chi connectivity index (χ3n) is 3.11. The highest BCUT2D eigenvalue weighted by Crippen LogP contribution is 2.26. The van der Waals surface area contributed by atoms with E-state index in [0.717, 1.165) is 24.8 Å². The Hall–Kier alpha value is -1.91. The standard InChI is InChI=1S/C14H15N3/c15-17-16-14-9-5-4-8-13(14)11-10-12-6-2-1-3-7-12/h1-3,6-7,13-14H,4-5,8-9H2/t13-,14-/m1/s1. The van der Waals surface area contributed by atoms with E-state index in [0.29, 0.717) is 0 Å². The van der Waals surface area contributed by atoms with Gasteiger partial charge in [-0.2, -0.15) is 0 Å². The van der Waals surface area contributed by atoms with Crippen LogP contribution in [-0.2, 0) is 0 Å². The second-order valence-electron chi connectivity index (χ2n) is 4.30. The zero-order chi connectivity index (χ0) is 11.9. The molecule has 2 atom stereocenters. The van der Waals surface area contributed by atoms with E-state index in [2.05, 4.69) is 21.9 Å².